The SMILES string of the molecule is Cl.NCCN(Cc1ccccc1)Cc1ccccc1[N+](=O)[O-]. The van der Waals surface area contributed by atoms with Crippen molar-refractivity contribution in [2.45, 2.75) is 13.1 Å². The first-order valence-electron chi connectivity index (χ1n) is 6.89. The zero-order chi connectivity index (χ0) is 15.1. The van der Waals surface area contributed by atoms with E-state index < -0.39 is 0 Å². The molecule has 0 heterocycles. The molecular weight excluding hydrogens is 302 g/mol. The Labute approximate surface area is 136 Å². The van der Waals surface area contributed by atoms with Gasteiger partial charge in [0, 0.05) is 37.8 Å². The topological polar surface area (TPSA) is 72.4 Å². The number of hydrogen-bond donors (Lipinski definition) is 1. The Bertz CT molecular complexity index is 593. The van der Waals surface area contributed by atoms with Gasteiger partial charge in [-0.15, -0.1) is 12.4 Å². The van der Waals surface area contributed by atoms with Gasteiger partial charge < -0.3 is 5.73 Å². The largest absolute Gasteiger partial charge is 0.329 e. The highest BCUT2D eigenvalue weighted by Crippen LogP contribution is 2.20. The number of nitrogens with zero attached hydrogens (tertiary/aromatic N) is 2. The van der Waals surface area contributed by atoms with Gasteiger partial charge in [-0.2, -0.15) is 0 Å². The first-order chi connectivity index (χ1) is 10.2. The minimum atomic E-state index is -0.335. The van der Waals surface area contributed by atoms with Gasteiger partial charge in [-0.25, -0.2) is 0 Å². The summed E-state index contributed by atoms with van der Waals surface area (Å²) in [5.41, 5.74) is 7.70. The molecule has 0 aliphatic rings. The Hall–Kier alpha value is -1.95. The molecule has 2 N–H and O–H groups in total. The van der Waals surface area contributed by atoms with Gasteiger partial charge in [-0.05, 0) is 5.56 Å². The summed E-state index contributed by atoms with van der Waals surface area (Å²) >= 11 is 0. The Kier molecular flexibility index (Phi) is 7.52. The fraction of sp³-hybridized carbons (Fsp3) is 0.250. The normalized spacial score (nSPS) is 10.3. The van der Waals surface area contributed by atoms with Gasteiger partial charge in [0.15, 0.2) is 0 Å². The maximum atomic E-state index is 11.1. The Morgan fingerprint density at radius 3 is 2.27 bits per heavy atom. The summed E-state index contributed by atoms with van der Waals surface area (Å²) < 4.78 is 0. The van der Waals surface area contributed by atoms with Crippen molar-refractivity contribution in [2.24, 2.45) is 5.73 Å². The summed E-state index contributed by atoms with van der Waals surface area (Å²) in [6.07, 6.45) is 0. The van der Waals surface area contributed by atoms with Crippen LogP contribution in [0.25, 0.3) is 0 Å². The van der Waals surface area contributed by atoms with Crippen LogP contribution in [0, 0.1) is 10.1 Å². The molecule has 0 unspecified atom stereocenters. The van der Waals surface area contributed by atoms with Crippen LogP contribution in [0.4, 0.5) is 5.69 Å². The summed E-state index contributed by atoms with van der Waals surface area (Å²) in [7, 11) is 0. The molecule has 0 radical (unpaired) electrons. The second kappa shape index (κ2) is 9.15. The first kappa shape index (κ1) is 18.1. The number of hydrogen-bond acceptors (Lipinski definition) is 4. The molecule has 6 heteroatoms. The number of para-hydroxylation sites is 1. The molecule has 0 amide bonds. The summed E-state index contributed by atoms with van der Waals surface area (Å²) in [6, 6.07) is 16.9. The van der Waals surface area contributed by atoms with Crippen LogP contribution < -0.4 is 5.73 Å². The maximum Gasteiger partial charge on any atom is 0.273 e. The first-order valence-corrected chi connectivity index (χ1v) is 6.89. The molecule has 0 bridgehead atoms. The molecule has 0 aliphatic carbocycles. The predicted octanol–water partition coefficient (Wildman–Crippen LogP) is 2.98. The number of halogens is 1. The van der Waals surface area contributed by atoms with Gasteiger partial charge in [-0.1, -0.05) is 48.5 Å². The molecule has 0 aromatic heterocycles. The fourth-order valence-corrected chi connectivity index (χ4v) is 2.30. The van der Waals surface area contributed by atoms with Crippen molar-refractivity contribution < 1.29 is 4.92 Å². The molecule has 22 heavy (non-hydrogen) atoms. The van der Waals surface area contributed by atoms with Crippen molar-refractivity contribution in [2.75, 3.05) is 13.1 Å². The van der Waals surface area contributed by atoms with Crippen molar-refractivity contribution in [1.29, 1.82) is 0 Å². The molecule has 118 valence electrons. The standard InChI is InChI=1S/C16H19N3O2.ClH/c17-10-11-18(12-14-6-2-1-3-7-14)13-15-8-4-5-9-16(15)19(20)21;/h1-9H,10-13,17H2;1H. The molecule has 0 fully saturated rings. The van der Waals surface area contributed by atoms with Crippen molar-refractivity contribution in [3.05, 3.63) is 75.8 Å². The molecule has 2 aromatic rings. The lowest BCUT2D eigenvalue weighted by Gasteiger charge is -2.21. The van der Waals surface area contributed by atoms with Gasteiger partial charge in [0.2, 0.25) is 0 Å². The van der Waals surface area contributed by atoms with Gasteiger partial charge in [0.05, 0.1) is 4.92 Å². The van der Waals surface area contributed by atoms with E-state index in [0.29, 0.717) is 25.2 Å². The second-order valence-corrected chi connectivity index (χ2v) is 4.87. The summed E-state index contributed by atoms with van der Waals surface area (Å²) in [6.45, 7) is 2.46. The molecule has 5 nitrogen and oxygen atoms in total. The van der Waals surface area contributed by atoms with Gasteiger partial charge in [0.25, 0.3) is 5.69 Å². The van der Waals surface area contributed by atoms with Crippen LogP contribution in [0.2, 0.25) is 0 Å². The summed E-state index contributed by atoms with van der Waals surface area (Å²) in [5.74, 6) is 0. The monoisotopic (exact) mass is 321 g/mol. The van der Waals surface area contributed by atoms with Gasteiger partial charge in [-0.3, -0.25) is 15.0 Å². The second-order valence-electron chi connectivity index (χ2n) is 4.87. The van der Waals surface area contributed by atoms with Crippen molar-refractivity contribution in [3.63, 3.8) is 0 Å². The number of nitro benzene ring substituents is 1. The Morgan fingerprint density at radius 1 is 1.00 bits per heavy atom. The zero-order valence-electron chi connectivity index (χ0n) is 12.2. The molecule has 0 saturated heterocycles. The van der Waals surface area contributed by atoms with E-state index >= 15 is 0 Å². The van der Waals surface area contributed by atoms with E-state index in [1.807, 2.05) is 36.4 Å². The minimum Gasteiger partial charge on any atom is -0.329 e. The van der Waals surface area contributed by atoms with Crippen LogP contribution >= 0.6 is 12.4 Å². The van der Waals surface area contributed by atoms with Crippen molar-refractivity contribution in [1.82, 2.24) is 4.90 Å². The van der Waals surface area contributed by atoms with Crippen LogP contribution in [0.3, 0.4) is 0 Å². The highest BCUT2D eigenvalue weighted by molar-refractivity contribution is 5.85. The van der Waals surface area contributed by atoms with E-state index in [0.717, 1.165) is 6.54 Å². The lowest BCUT2D eigenvalue weighted by molar-refractivity contribution is -0.385. The van der Waals surface area contributed by atoms with E-state index in [-0.39, 0.29) is 23.0 Å². The summed E-state index contributed by atoms with van der Waals surface area (Å²) in [4.78, 5) is 12.9. The van der Waals surface area contributed by atoms with Crippen LogP contribution in [0.15, 0.2) is 54.6 Å². The number of benzene rings is 2. The average Bonchev–Trinajstić information content (AvgIpc) is 2.49. The Balaban J connectivity index is 0.00000242. The minimum absolute atomic E-state index is 0. The number of nitrogens with two attached hydrogens (primary N) is 1. The molecule has 2 aromatic carbocycles. The zero-order valence-corrected chi connectivity index (χ0v) is 13.0. The van der Waals surface area contributed by atoms with Crippen molar-refractivity contribution >= 4 is 18.1 Å². The van der Waals surface area contributed by atoms with Crippen LogP contribution in [-0.4, -0.2) is 22.9 Å². The molecule has 0 spiro atoms. The summed E-state index contributed by atoms with van der Waals surface area (Å²) in [5, 5.41) is 11.1. The lowest BCUT2D eigenvalue weighted by atomic mass is 10.1. The molecule has 2 rings (SSSR count). The van der Waals surface area contributed by atoms with Crippen molar-refractivity contribution in [3.8, 4) is 0 Å². The van der Waals surface area contributed by atoms with E-state index in [1.54, 1.807) is 18.2 Å². The smallest absolute Gasteiger partial charge is 0.273 e. The van der Waals surface area contributed by atoms with E-state index in [4.69, 9.17) is 5.73 Å². The third kappa shape index (κ3) is 5.11. The third-order valence-electron chi connectivity index (χ3n) is 3.28. The molecule has 0 atom stereocenters. The quantitative estimate of drug-likeness (QED) is 0.628. The van der Waals surface area contributed by atoms with Gasteiger partial charge >= 0.3 is 0 Å². The predicted molar refractivity (Wildman–Crippen MR) is 90.0 cm³/mol. The van der Waals surface area contributed by atoms with Gasteiger partial charge in [0.1, 0.15) is 0 Å². The van der Waals surface area contributed by atoms with E-state index in [2.05, 4.69) is 4.90 Å². The maximum absolute atomic E-state index is 11.1. The highest BCUT2D eigenvalue weighted by Gasteiger charge is 2.15. The molecule has 0 saturated carbocycles. The highest BCUT2D eigenvalue weighted by atomic mass is 35.5. The fourth-order valence-electron chi connectivity index (χ4n) is 2.30. The van der Waals surface area contributed by atoms with Crippen LogP contribution in [-0.2, 0) is 13.1 Å². The Morgan fingerprint density at radius 2 is 1.64 bits per heavy atom. The molecular formula is C16H20ClN3O2. The van der Waals surface area contributed by atoms with Crippen LogP contribution in [0.5, 0.6) is 0 Å². The number of nitro groups is 1. The number of rotatable bonds is 7. The van der Waals surface area contributed by atoms with Crippen LogP contribution in [0.1, 0.15) is 11.1 Å². The average molecular weight is 322 g/mol. The third-order valence-corrected chi connectivity index (χ3v) is 3.28. The van der Waals surface area contributed by atoms with E-state index in [9.17, 15) is 10.1 Å². The molecule has 0 aliphatic heterocycles. The van der Waals surface area contributed by atoms with E-state index in [1.165, 1.54) is 5.56 Å². The lowest BCUT2D eigenvalue weighted by Crippen LogP contribution is -2.29.